The predicted molar refractivity (Wildman–Crippen MR) is 108 cm³/mol. The van der Waals surface area contributed by atoms with Gasteiger partial charge in [-0.2, -0.15) is 5.06 Å². The lowest BCUT2D eigenvalue weighted by atomic mass is 9.98. The molecule has 0 radical (unpaired) electrons. The fourth-order valence-electron chi connectivity index (χ4n) is 3.94. The van der Waals surface area contributed by atoms with Crippen LogP contribution in [0.2, 0.25) is 0 Å². The topological polar surface area (TPSA) is 70.1 Å². The van der Waals surface area contributed by atoms with Gasteiger partial charge in [0.15, 0.2) is 6.04 Å². The van der Waals surface area contributed by atoms with E-state index >= 15 is 0 Å². The molecule has 2 amide bonds. The van der Waals surface area contributed by atoms with Crippen molar-refractivity contribution in [2.75, 3.05) is 6.54 Å². The van der Waals surface area contributed by atoms with Crippen molar-refractivity contribution in [3.8, 4) is 10.4 Å². The molecule has 2 aliphatic rings. The summed E-state index contributed by atoms with van der Waals surface area (Å²) in [5.41, 5.74) is 2.48. The van der Waals surface area contributed by atoms with E-state index in [1.165, 1.54) is 33.4 Å². The van der Waals surface area contributed by atoms with E-state index in [2.05, 4.69) is 0 Å². The summed E-state index contributed by atoms with van der Waals surface area (Å²) in [7, 11) is 0. The smallest absolute Gasteiger partial charge is 0.345 e. The van der Waals surface area contributed by atoms with Crippen LogP contribution in [0, 0.1) is 5.82 Å². The summed E-state index contributed by atoms with van der Waals surface area (Å²) in [6.45, 7) is 0.454. The highest BCUT2D eigenvalue weighted by atomic mass is 32.1. The third-order valence-electron chi connectivity index (χ3n) is 5.37. The summed E-state index contributed by atoms with van der Waals surface area (Å²) in [5, 5.41) is 11.1. The first-order valence-electron chi connectivity index (χ1n) is 9.42. The highest BCUT2D eigenvalue weighted by molar-refractivity contribution is 7.15. The fraction of sp³-hybridized carbons (Fsp3) is 0.182. The standard InChI is InChI=1S/C22H17FN2O4S/c23-15-8-6-14(7-9-15)18-10-16-17-11-24(19(21(26)27)20(16)30-18)22(28)25(17)29-12-13-4-2-1-3-5-13/h1-10,17,19H,11-12H2,(H,26,27)/t17-,19-/m0/s1. The van der Waals surface area contributed by atoms with Crippen molar-refractivity contribution in [3.05, 3.63) is 82.5 Å². The van der Waals surface area contributed by atoms with Crippen LogP contribution in [0.3, 0.4) is 0 Å². The molecule has 1 aromatic heterocycles. The summed E-state index contributed by atoms with van der Waals surface area (Å²) in [6, 6.07) is 15.5. The summed E-state index contributed by atoms with van der Waals surface area (Å²) >= 11 is 1.32. The number of hydrogen-bond donors (Lipinski definition) is 1. The maximum Gasteiger partial charge on any atom is 0.345 e. The van der Waals surface area contributed by atoms with Crippen LogP contribution in [0.15, 0.2) is 60.7 Å². The zero-order valence-electron chi connectivity index (χ0n) is 15.7. The maximum absolute atomic E-state index is 13.3. The number of halogens is 1. The van der Waals surface area contributed by atoms with Crippen LogP contribution < -0.4 is 0 Å². The van der Waals surface area contributed by atoms with Crippen LogP contribution in [-0.4, -0.2) is 33.6 Å². The van der Waals surface area contributed by atoms with Crippen LogP contribution in [0.5, 0.6) is 0 Å². The van der Waals surface area contributed by atoms with Crippen LogP contribution in [0.4, 0.5) is 9.18 Å². The number of thiophene rings is 1. The number of carbonyl (C=O) groups excluding carboxylic acids is 1. The molecule has 152 valence electrons. The van der Waals surface area contributed by atoms with Crippen molar-refractivity contribution in [2.45, 2.75) is 18.7 Å². The monoisotopic (exact) mass is 424 g/mol. The minimum atomic E-state index is -1.08. The third kappa shape index (κ3) is 3.05. The first-order valence-corrected chi connectivity index (χ1v) is 10.2. The minimum absolute atomic E-state index is 0.207. The molecule has 1 fully saturated rings. The Morgan fingerprint density at radius 1 is 1.17 bits per heavy atom. The second kappa shape index (κ2) is 7.23. The van der Waals surface area contributed by atoms with Crippen molar-refractivity contribution in [1.29, 1.82) is 0 Å². The fourth-order valence-corrected chi connectivity index (χ4v) is 5.27. The first kappa shape index (κ1) is 18.8. The SMILES string of the molecule is O=C(O)[C@@H]1c2sc(-c3ccc(F)cc3)cc2[C@@H]2CN1C(=O)N2OCc1ccccc1. The Morgan fingerprint density at radius 3 is 2.60 bits per heavy atom. The number of hydrogen-bond acceptors (Lipinski definition) is 4. The second-order valence-corrected chi connectivity index (χ2v) is 8.30. The quantitative estimate of drug-likeness (QED) is 0.650. The molecular formula is C22H17FN2O4S. The molecular weight excluding hydrogens is 407 g/mol. The van der Waals surface area contributed by atoms with Gasteiger partial charge in [0.2, 0.25) is 0 Å². The van der Waals surface area contributed by atoms with Gasteiger partial charge in [0.1, 0.15) is 18.5 Å². The van der Waals surface area contributed by atoms with Crippen molar-refractivity contribution in [3.63, 3.8) is 0 Å². The molecule has 8 heteroatoms. The van der Waals surface area contributed by atoms with Gasteiger partial charge in [-0.1, -0.05) is 42.5 Å². The number of aliphatic carboxylic acids is 1. The van der Waals surface area contributed by atoms with Gasteiger partial charge in [0.05, 0.1) is 6.54 Å². The Bertz CT molecular complexity index is 1120. The number of carbonyl (C=O) groups is 2. The number of fused-ring (bicyclic) bond motifs is 4. The lowest BCUT2D eigenvalue weighted by molar-refractivity contribution is -0.143. The van der Waals surface area contributed by atoms with Gasteiger partial charge in [-0.3, -0.25) is 4.84 Å². The van der Waals surface area contributed by atoms with E-state index in [-0.39, 0.29) is 19.0 Å². The lowest BCUT2D eigenvalue weighted by Crippen LogP contribution is -2.37. The summed E-state index contributed by atoms with van der Waals surface area (Å²) in [4.78, 5) is 33.6. The van der Waals surface area contributed by atoms with E-state index in [9.17, 15) is 19.1 Å². The molecule has 0 saturated carbocycles. The Labute approximate surface area is 175 Å². The first-order chi connectivity index (χ1) is 14.5. The van der Waals surface area contributed by atoms with E-state index in [1.807, 2.05) is 36.4 Å². The van der Waals surface area contributed by atoms with E-state index in [0.717, 1.165) is 21.6 Å². The van der Waals surface area contributed by atoms with E-state index < -0.39 is 24.1 Å². The van der Waals surface area contributed by atoms with Crippen LogP contribution in [0.25, 0.3) is 10.4 Å². The molecule has 0 spiro atoms. The van der Waals surface area contributed by atoms with Crippen LogP contribution in [-0.2, 0) is 16.2 Å². The maximum atomic E-state index is 13.3. The van der Waals surface area contributed by atoms with E-state index in [4.69, 9.17) is 4.84 Å². The molecule has 1 N–H and O–H groups in total. The molecule has 3 heterocycles. The number of benzene rings is 2. The van der Waals surface area contributed by atoms with Crippen molar-refractivity contribution in [1.82, 2.24) is 9.96 Å². The van der Waals surface area contributed by atoms with Gasteiger partial charge < -0.3 is 10.0 Å². The predicted octanol–water partition coefficient (Wildman–Crippen LogP) is 4.60. The minimum Gasteiger partial charge on any atom is -0.479 e. The zero-order chi connectivity index (χ0) is 20.8. The van der Waals surface area contributed by atoms with Crippen LogP contribution in [0.1, 0.15) is 28.1 Å². The molecule has 5 rings (SSSR count). The van der Waals surface area contributed by atoms with Crippen LogP contribution >= 0.6 is 11.3 Å². The zero-order valence-corrected chi connectivity index (χ0v) is 16.5. The van der Waals surface area contributed by atoms with Gasteiger partial charge in [0.25, 0.3) is 0 Å². The van der Waals surface area contributed by atoms with Gasteiger partial charge >= 0.3 is 12.0 Å². The van der Waals surface area contributed by atoms with Crippen molar-refractivity contribution < 1.29 is 23.9 Å². The number of hydroxylamine groups is 2. The van der Waals surface area contributed by atoms with Gasteiger partial charge in [-0.25, -0.2) is 14.0 Å². The Balaban J connectivity index is 1.50. The Hall–Kier alpha value is -3.23. The van der Waals surface area contributed by atoms with Gasteiger partial charge in [-0.05, 0) is 34.9 Å². The number of carboxylic acid groups (broad SMARTS) is 1. The Kier molecular flexibility index (Phi) is 4.52. The normalized spacial score (nSPS) is 19.8. The van der Waals surface area contributed by atoms with Gasteiger partial charge in [0, 0.05) is 9.75 Å². The number of carboxylic acids is 1. The highest BCUT2D eigenvalue weighted by Gasteiger charge is 2.52. The molecule has 6 nitrogen and oxygen atoms in total. The molecule has 1 saturated heterocycles. The number of urea groups is 1. The molecule has 2 bridgehead atoms. The summed E-state index contributed by atoms with van der Waals surface area (Å²) in [5.74, 6) is -1.42. The van der Waals surface area contributed by atoms with Crippen molar-refractivity contribution >= 4 is 23.3 Å². The lowest BCUT2D eigenvalue weighted by Gasteiger charge is -2.27. The van der Waals surface area contributed by atoms with Crippen molar-refractivity contribution in [2.24, 2.45) is 0 Å². The van der Waals surface area contributed by atoms with E-state index in [1.54, 1.807) is 12.1 Å². The molecule has 2 aromatic carbocycles. The summed E-state index contributed by atoms with van der Waals surface area (Å²) < 4.78 is 13.3. The largest absolute Gasteiger partial charge is 0.479 e. The number of amides is 2. The molecule has 3 aromatic rings. The summed E-state index contributed by atoms with van der Waals surface area (Å²) in [6.07, 6.45) is 0. The molecule has 2 atom stereocenters. The molecule has 0 aliphatic carbocycles. The average molecular weight is 424 g/mol. The molecule has 0 unspecified atom stereocenters. The Morgan fingerprint density at radius 2 is 1.90 bits per heavy atom. The highest BCUT2D eigenvalue weighted by Crippen LogP contribution is 2.49. The molecule has 30 heavy (non-hydrogen) atoms. The average Bonchev–Trinajstić information content (AvgIpc) is 3.29. The van der Waals surface area contributed by atoms with E-state index in [0.29, 0.717) is 4.88 Å². The third-order valence-corrected chi connectivity index (χ3v) is 6.63. The van der Waals surface area contributed by atoms with Gasteiger partial charge in [-0.15, -0.1) is 11.3 Å². The number of nitrogens with zero attached hydrogens (tertiary/aromatic N) is 2. The molecule has 2 aliphatic heterocycles. The number of rotatable bonds is 5. The second-order valence-electron chi connectivity index (χ2n) is 7.21.